The molecule has 1 aliphatic rings. The highest BCUT2D eigenvalue weighted by Gasteiger charge is 2.19. The van der Waals surface area contributed by atoms with Crippen molar-refractivity contribution in [2.75, 3.05) is 13.2 Å². The van der Waals surface area contributed by atoms with Crippen LogP contribution in [0.25, 0.3) is 0 Å². The van der Waals surface area contributed by atoms with Crippen molar-refractivity contribution in [3.8, 4) is 0 Å². The molecule has 1 aliphatic carbocycles. The van der Waals surface area contributed by atoms with Gasteiger partial charge in [-0.2, -0.15) is 0 Å². The zero-order chi connectivity index (χ0) is 11.4. The maximum absolute atomic E-state index is 5.78. The highest BCUT2D eigenvalue weighted by molar-refractivity contribution is 5.08. The quantitative estimate of drug-likeness (QED) is 0.806. The molecule has 0 radical (unpaired) electrons. The number of rotatable bonds is 6. The van der Waals surface area contributed by atoms with Gasteiger partial charge in [0.15, 0.2) is 0 Å². The highest BCUT2D eigenvalue weighted by Crippen LogP contribution is 2.30. The molecule has 90 valence electrons. The molecule has 0 spiro atoms. The summed E-state index contributed by atoms with van der Waals surface area (Å²) in [6.07, 6.45) is 5.22. The van der Waals surface area contributed by atoms with Gasteiger partial charge in [-0.15, -0.1) is 0 Å². The summed E-state index contributed by atoms with van der Waals surface area (Å²) in [7, 11) is 0. The van der Waals surface area contributed by atoms with Gasteiger partial charge in [0.05, 0.1) is 0 Å². The van der Waals surface area contributed by atoms with Crippen LogP contribution in [0.3, 0.4) is 0 Å². The zero-order valence-corrected chi connectivity index (χ0v) is 9.95. The fraction of sp³-hybridized carbons (Fsp3) is 0.692. The Kier molecular flexibility index (Phi) is 4.02. The molecule has 2 rings (SSSR count). The topological polar surface area (TPSA) is 48.4 Å². The first kappa shape index (κ1) is 11.7. The van der Waals surface area contributed by atoms with Gasteiger partial charge in [-0.25, -0.2) is 0 Å². The van der Waals surface area contributed by atoms with Crippen LogP contribution in [0.2, 0.25) is 0 Å². The van der Waals surface area contributed by atoms with Crippen LogP contribution < -0.4 is 5.73 Å². The normalized spacial score (nSPS) is 18.4. The first-order chi connectivity index (χ1) is 7.79. The third-order valence-electron chi connectivity index (χ3n) is 3.36. The summed E-state index contributed by atoms with van der Waals surface area (Å²) >= 11 is 0. The molecule has 1 aromatic heterocycles. The first-order valence-electron chi connectivity index (χ1n) is 6.17. The van der Waals surface area contributed by atoms with E-state index in [1.54, 1.807) is 0 Å². The van der Waals surface area contributed by atoms with E-state index in [1.165, 1.54) is 19.3 Å². The largest absolute Gasteiger partial charge is 0.464 e. The van der Waals surface area contributed by atoms with Crippen molar-refractivity contribution in [3.05, 3.63) is 23.7 Å². The van der Waals surface area contributed by atoms with Gasteiger partial charge in [0.25, 0.3) is 0 Å². The average Bonchev–Trinajstić information content (AvgIpc) is 2.62. The van der Waals surface area contributed by atoms with E-state index in [0.29, 0.717) is 6.54 Å². The Morgan fingerprint density at radius 3 is 2.81 bits per heavy atom. The molecule has 16 heavy (non-hydrogen) atoms. The van der Waals surface area contributed by atoms with Crippen LogP contribution in [0.15, 0.2) is 16.5 Å². The third-order valence-corrected chi connectivity index (χ3v) is 3.36. The Morgan fingerprint density at radius 2 is 2.31 bits per heavy atom. The Balaban J connectivity index is 1.76. The monoisotopic (exact) mass is 223 g/mol. The molecule has 0 amide bonds. The predicted molar refractivity (Wildman–Crippen MR) is 63.2 cm³/mol. The highest BCUT2D eigenvalue weighted by atomic mass is 16.5. The molecule has 1 unspecified atom stereocenters. The Morgan fingerprint density at radius 1 is 1.50 bits per heavy atom. The van der Waals surface area contributed by atoms with E-state index < -0.39 is 0 Å². The Bertz CT molecular complexity index is 317. The number of hydrogen-bond donors (Lipinski definition) is 1. The van der Waals surface area contributed by atoms with Gasteiger partial charge in [0, 0.05) is 13.2 Å². The van der Waals surface area contributed by atoms with Crippen LogP contribution in [0, 0.1) is 12.8 Å². The van der Waals surface area contributed by atoms with Crippen LogP contribution in [0.1, 0.15) is 43.3 Å². The molecule has 0 aliphatic heterocycles. The third kappa shape index (κ3) is 2.86. The minimum Gasteiger partial charge on any atom is -0.464 e. The minimum atomic E-state index is -0.0752. The standard InChI is InChI=1S/C13H21NO2/c1-10-5-6-12(16-10)13(9-14)15-8-7-11-3-2-4-11/h5-6,11,13H,2-4,7-9,14H2,1H3. The molecule has 1 heterocycles. The Hall–Kier alpha value is -0.800. The van der Waals surface area contributed by atoms with Gasteiger partial charge in [-0.3, -0.25) is 0 Å². The zero-order valence-electron chi connectivity index (χ0n) is 9.95. The average molecular weight is 223 g/mol. The van der Waals surface area contributed by atoms with Crippen molar-refractivity contribution < 1.29 is 9.15 Å². The molecule has 0 aromatic carbocycles. The van der Waals surface area contributed by atoms with E-state index in [0.717, 1.165) is 30.5 Å². The van der Waals surface area contributed by atoms with Gasteiger partial charge in [0.2, 0.25) is 0 Å². The van der Waals surface area contributed by atoms with Gasteiger partial charge in [-0.05, 0) is 31.4 Å². The van der Waals surface area contributed by atoms with Gasteiger partial charge >= 0.3 is 0 Å². The van der Waals surface area contributed by atoms with Gasteiger partial charge in [0.1, 0.15) is 17.6 Å². The van der Waals surface area contributed by atoms with E-state index in [1.807, 2.05) is 19.1 Å². The summed E-state index contributed by atoms with van der Waals surface area (Å²) in [6, 6.07) is 3.91. The molecular formula is C13H21NO2. The lowest BCUT2D eigenvalue weighted by Gasteiger charge is -2.25. The van der Waals surface area contributed by atoms with Crippen molar-refractivity contribution >= 4 is 0 Å². The van der Waals surface area contributed by atoms with E-state index in [4.69, 9.17) is 14.9 Å². The fourth-order valence-corrected chi connectivity index (χ4v) is 2.05. The molecule has 3 nitrogen and oxygen atoms in total. The molecule has 2 N–H and O–H groups in total. The Labute approximate surface area is 97.0 Å². The lowest BCUT2D eigenvalue weighted by atomic mass is 9.83. The SMILES string of the molecule is Cc1ccc(C(CN)OCCC2CCC2)o1. The fourth-order valence-electron chi connectivity index (χ4n) is 2.05. The van der Waals surface area contributed by atoms with Gasteiger partial charge in [-0.1, -0.05) is 19.3 Å². The lowest BCUT2D eigenvalue weighted by Crippen LogP contribution is -2.19. The summed E-state index contributed by atoms with van der Waals surface area (Å²) < 4.78 is 11.3. The first-order valence-corrected chi connectivity index (χ1v) is 6.17. The maximum Gasteiger partial charge on any atom is 0.134 e. The van der Waals surface area contributed by atoms with Gasteiger partial charge < -0.3 is 14.9 Å². The van der Waals surface area contributed by atoms with Crippen LogP contribution in [0.4, 0.5) is 0 Å². The molecule has 1 fully saturated rings. The number of hydrogen-bond acceptors (Lipinski definition) is 3. The number of nitrogens with two attached hydrogens (primary N) is 1. The number of ether oxygens (including phenoxy) is 1. The smallest absolute Gasteiger partial charge is 0.134 e. The number of furan rings is 1. The second-order valence-corrected chi connectivity index (χ2v) is 4.63. The van der Waals surface area contributed by atoms with E-state index in [2.05, 4.69) is 0 Å². The van der Waals surface area contributed by atoms with E-state index in [9.17, 15) is 0 Å². The summed E-state index contributed by atoms with van der Waals surface area (Å²) in [5.74, 6) is 2.65. The number of aryl methyl sites for hydroxylation is 1. The molecular weight excluding hydrogens is 202 g/mol. The van der Waals surface area contributed by atoms with E-state index in [-0.39, 0.29) is 6.10 Å². The maximum atomic E-state index is 5.78. The van der Waals surface area contributed by atoms with E-state index >= 15 is 0 Å². The van der Waals surface area contributed by atoms with Crippen molar-refractivity contribution in [3.63, 3.8) is 0 Å². The van der Waals surface area contributed by atoms with Crippen molar-refractivity contribution in [1.29, 1.82) is 0 Å². The van der Waals surface area contributed by atoms with Crippen molar-refractivity contribution in [2.24, 2.45) is 11.7 Å². The molecule has 1 atom stereocenters. The van der Waals surface area contributed by atoms with Crippen molar-refractivity contribution in [1.82, 2.24) is 0 Å². The summed E-state index contributed by atoms with van der Waals surface area (Å²) in [5.41, 5.74) is 5.69. The molecule has 1 aromatic rings. The molecule has 3 heteroatoms. The van der Waals surface area contributed by atoms with Crippen LogP contribution in [-0.4, -0.2) is 13.2 Å². The van der Waals surface area contributed by atoms with Crippen LogP contribution in [0.5, 0.6) is 0 Å². The predicted octanol–water partition coefficient (Wildman–Crippen LogP) is 2.79. The summed E-state index contributed by atoms with van der Waals surface area (Å²) in [4.78, 5) is 0. The van der Waals surface area contributed by atoms with Crippen molar-refractivity contribution in [2.45, 2.75) is 38.7 Å². The summed E-state index contributed by atoms with van der Waals surface area (Å²) in [6.45, 7) is 3.22. The van der Waals surface area contributed by atoms with Crippen LogP contribution in [-0.2, 0) is 4.74 Å². The molecule has 0 bridgehead atoms. The second-order valence-electron chi connectivity index (χ2n) is 4.63. The molecule has 1 saturated carbocycles. The summed E-state index contributed by atoms with van der Waals surface area (Å²) in [5, 5.41) is 0. The van der Waals surface area contributed by atoms with Crippen LogP contribution >= 0.6 is 0 Å². The minimum absolute atomic E-state index is 0.0752. The molecule has 0 saturated heterocycles. The second kappa shape index (κ2) is 5.51. The lowest BCUT2D eigenvalue weighted by molar-refractivity contribution is 0.0291.